The maximum atomic E-state index is 10.9. The summed E-state index contributed by atoms with van der Waals surface area (Å²) in [6.07, 6.45) is 4.99. The van der Waals surface area contributed by atoms with E-state index in [0.717, 1.165) is 53.0 Å². The summed E-state index contributed by atoms with van der Waals surface area (Å²) in [6, 6.07) is 4.22. The topological polar surface area (TPSA) is 44.8 Å². The van der Waals surface area contributed by atoms with Crippen molar-refractivity contribution in [3.63, 3.8) is 0 Å². The van der Waals surface area contributed by atoms with Crippen molar-refractivity contribution in [1.82, 2.24) is 0 Å². The Bertz CT molecular complexity index is 485. The smallest absolute Gasteiger partial charge is 0.330 e. The number of benzene rings is 1. The fraction of sp³-hybridized carbons (Fsp3) is 0.438. The second-order valence-corrected chi connectivity index (χ2v) is 5.87. The van der Waals surface area contributed by atoms with Crippen LogP contribution in [0.1, 0.15) is 24.8 Å². The van der Waals surface area contributed by atoms with Crippen molar-refractivity contribution in [2.75, 3.05) is 20.8 Å². The highest BCUT2D eigenvalue weighted by Gasteiger charge is 2.12. The Morgan fingerprint density at radius 3 is 2.52 bits per heavy atom. The van der Waals surface area contributed by atoms with Crippen molar-refractivity contribution < 1.29 is 19.0 Å². The first-order valence-electron chi connectivity index (χ1n) is 7.13. The standard InChI is InChI=1S/C16H24O4Si/c1-4-14(17)20-11-7-5-6-8-12-9-10-13(21)16(19-3)15(12)18-2/h4,9-10H,1,5-8,11H2,2-3,21H3. The monoisotopic (exact) mass is 308 g/mol. The van der Waals surface area contributed by atoms with E-state index in [1.807, 2.05) is 0 Å². The van der Waals surface area contributed by atoms with Crippen LogP contribution >= 0.6 is 0 Å². The molecule has 1 aromatic rings. The van der Waals surface area contributed by atoms with Crippen LogP contribution in [-0.4, -0.2) is 37.0 Å². The molecular formula is C16H24O4Si. The van der Waals surface area contributed by atoms with Crippen LogP contribution in [0, 0.1) is 0 Å². The lowest BCUT2D eigenvalue weighted by atomic mass is 10.1. The van der Waals surface area contributed by atoms with Crippen LogP contribution in [0.4, 0.5) is 0 Å². The van der Waals surface area contributed by atoms with Gasteiger partial charge < -0.3 is 14.2 Å². The molecule has 0 N–H and O–H groups in total. The predicted molar refractivity (Wildman–Crippen MR) is 87.8 cm³/mol. The minimum Gasteiger partial charge on any atom is -0.493 e. The summed E-state index contributed by atoms with van der Waals surface area (Å²) in [7, 11) is 4.28. The molecule has 5 heteroatoms. The highest BCUT2D eigenvalue weighted by atomic mass is 28.1. The first-order valence-corrected chi connectivity index (χ1v) is 8.13. The minimum atomic E-state index is -0.357. The van der Waals surface area contributed by atoms with E-state index >= 15 is 0 Å². The molecule has 0 atom stereocenters. The second kappa shape index (κ2) is 9.23. The highest BCUT2D eigenvalue weighted by Crippen LogP contribution is 2.29. The molecule has 0 saturated carbocycles. The third-order valence-electron chi connectivity index (χ3n) is 3.30. The van der Waals surface area contributed by atoms with E-state index in [1.165, 1.54) is 11.3 Å². The molecule has 1 rings (SSSR count). The summed E-state index contributed by atoms with van der Waals surface area (Å²) in [5.74, 6) is 1.36. The summed E-state index contributed by atoms with van der Waals surface area (Å²) in [4.78, 5) is 10.9. The van der Waals surface area contributed by atoms with Gasteiger partial charge in [0.25, 0.3) is 0 Å². The van der Waals surface area contributed by atoms with E-state index in [2.05, 4.69) is 18.7 Å². The molecule has 4 nitrogen and oxygen atoms in total. The minimum absolute atomic E-state index is 0.357. The average Bonchev–Trinajstić information content (AvgIpc) is 2.50. The maximum absolute atomic E-state index is 10.9. The van der Waals surface area contributed by atoms with Crippen molar-refractivity contribution in [3.8, 4) is 11.5 Å². The van der Waals surface area contributed by atoms with Gasteiger partial charge in [-0.2, -0.15) is 0 Å². The summed E-state index contributed by atoms with van der Waals surface area (Å²) in [5.41, 5.74) is 1.16. The van der Waals surface area contributed by atoms with Crippen molar-refractivity contribution in [1.29, 1.82) is 0 Å². The van der Waals surface area contributed by atoms with Gasteiger partial charge in [0, 0.05) is 16.3 Å². The lowest BCUT2D eigenvalue weighted by molar-refractivity contribution is -0.137. The number of methoxy groups -OCH3 is 2. The number of hydrogen-bond donors (Lipinski definition) is 0. The Hall–Kier alpha value is -1.75. The van der Waals surface area contributed by atoms with E-state index in [-0.39, 0.29) is 5.97 Å². The van der Waals surface area contributed by atoms with Gasteiger partial charge in [-0.05, 0) is 36.4 Å². The maximum Gasteiger partial charge on any atom is 0.330 e. The molecule has 0 heterocycles. The molecule has 0 aliphatic carbocycles. The number of hydrogen-bond acceptors (Lipinski definition) is 4. The van der Waals surface area contributed by atoms with Crippen LogP contribution in [0.2, 0.25) is 0 Å². The van der Waals surface area contributed by atoms with E-state index < -0.39 is 0 Å². The highest BCUT2D eigenvalue weighted by molar-refractivity contribution is 6.34. The van der Waals surface area contributed by atoms with Crippen molar-refractivity contribution in [2.24, 2.45) is 0 Å². The van der Waals surface area contributed by atoms with Crippen LogP contribution < -0.4 is 14.7 Å². The summed E-state index contributed by atoms with van der Waals surface area (Å²) in [5, 5.41) is 1.20. The molecular weight excluding hydrogens is 284 g/mol. The van der Waals surface area contributed by atoms with Gasteiger partial charge in [-0.15, -0.1) is 0 Å². The largest absolute Gasteiger partial charge is 0.493 e. The van der Waals surface area contributed by atoms with Crippen molar-refractivity contribution in [2.45, 2.75) is 25.7 Å². The predicted octanol–water partition coefficient (Wildman–Crippen LogP) is 1.14. The zero-order valence-electron chi connectivity index (χ0n) is 13.1. The SMILES string of the molecule is C=CC(=O)OCCCCCc1ccc([SiH3])c(OC)c1OC. The van der Waals surface area contributed by atoms with Crippen LogP contribution in [0.15, 0.2) is 24.8 Å². The van der Waals surface area contributed by atoms with Gasteiger partial charge in [-0.25, -0.2) is 4.79 Å². The zero-order chi connectivity index (χ0) is 15.7. The van der Waals surface area contributed by atoms with Crippen LogP contribution in [0.5, 0.6) is 11.5 Å². The Morgan fingerprint density at radius 1 is 1.19 bits per heavy atom. The first kappa shape index (κ1) is 17.3. The number of unbranched alkanes of at least 4 members (excludes halogenated alkanes) is 2. The van der Waals surface area contributed by atoms with E-state index in [4.69, 9.17) is 14.2 Å². The Labute approximate surface area is 129 Å². The molecule has 21 heavy (non-hydrogen) atoms. The van der Waals surface area contributed by atoms with E-state index in [9.17, 15) is 4.79 Å². The van der Waals surface area contributed by atoms with E-state index in [1.54, 1.807) is 14.2 Å². The summed E-state index contributed by atoms with van der Waals surface area (Å²) in [6.45, 7) is 3.81. The molecule has 0 bridgehead atoms. The second-order valence-electron chi connectivity index (χ2n) is 4.79. The van der Waals surface area contributed by atoms with Crippen LogP contribution in [0.3, 0.4) is 0 Å². The molecule has 0 aromatic heterocycles. The van der Waals surface area contributed by atoms with E-state index in [0.29, 0.717) is 6.61 Å². The first-order chi connectivity index (χ1) is 10.1. The van der Waals surface area contributed by atoms with Crippen LogP contribution in [0.25, 0.3) is 0 Å². The molecule has 0 spiro atoms. The van der Waals surface area contributed by atoms with Gasteiger partial charge in [0.15, 0.2) is 11.5 Å². The number of ether oxygens (including phenoxy) is 3. The molecule has 116 valence electrons. The molecule has 0 unspecified atom stereocenters. The van der Waals surface area contributed by atoms with Gasteiger partial charge >= 0.3 is 5.97 Å². The molecule has 0 aliphatic heterocycles. The Kier molecular flexibility index (Phi) is 7.60. The molecule has 0 amide bonds. The van der Waals surface area contributed by atoms with Crippen molar-refractivity contribution >= 4 is 21.4 Å². The third kappa shape index (κ3) is 5.26. The molecule has 0 aliphatic rings. The van der Waals surface area contributed by atoms with Crippen molar-refractivity contribution in [3.05, 3.63) is 30.4 Å². The number of carbonyl (C=O) groups excluding carboxylic acids is 1. The number of aryl methyl sites for hydroxylation is 1. The van der Waals surface area contributed by atoms with Gasteiger partial charge in [-0.3, -0.25) is 0 Å². The number of rotatable bonds is 9. The fourth-order valence-electron chi connectivity index (χ4n) is 2.20. The number of carbonyl (C=O) groups is 1. The Morgan fingerprint density at radius 2 is 1.90 bits per heavy atom. The normalized spacial score (nSPS) is 10.2. The summed E-state index contributed by atoms with van der Waals surface area (Å²) < 4.78 is 15.9. The molecule has 0 saturated heterocycles. The van der Waals surface area contributed by atoms with Gasteiger partial charge in [0.05, 0.1) is 20.8 Å². The average molecular weight is 308 g/mol. The van der Waals surface area contributed by atoms with Gasteiger partial charge in [0.1, 0.15) is 0 Å². The summed E-state index contributed by atoms with van der Waals surface area (Å²) >= 11 is 0. The van der Waals surface area contributed by atoms with Gasteiger partial charge in [0.2, 0.25) is 0 Å². The molecule has 0 fully saturated rings. The lowest BCUT2D eigenvalue weighted by Crippen LogP contribution is -2.10. The quantitative estimate of drug-likeness (QED) is 0.297. The number of esters is 1. The Balaban J connectivity index is 2.45. The van der Waals surface area contributed by atoms with Gasteiger partial charge in [-0.1, -0.05) is 18.7 Å². The zero-order valence-corrected chi connectivity index (χ0v) is 15.1. The third-order valence-corrected chi connectivity index (χ3v) is 4.09. The molecule has 0 radical (unpaired) electrons. The van der Waals surface area contributed by atoms with Crippen LogP contribution in [-0.2, 0) is 16.0 Å². The molecule has 1 aromatic carbocycles. The fourth-order valence-corrected chi connectivity index (χ4v) is 2.80. The lowest BCUT2D eigenvalue weighted by Gasteiger charge is -2.15.